The van der Waals surface area contributed by atoms with Gasteiger partial charge in [0.2, 0.25) is 0 Å². The lowest BCUT2D eigenvalue weighted by Crippen LogP contribution is -2.43. The molecule has 0 saturated carbocycles. The van der Waals surface area contributed by atoms with E-state index in [4.69, 9.17) is 0 Å². The maximum absolute atomic E-state index is 4.31. The van der Waals surface area contributed by atoms with Crippen molar-refractivity contribution in [1.29, 1.82) is 0 Å². The number of nitrogens with zero attached hydrogens (tertiary/aromatic N) is 2. The van der Waals surface area contributed by atoms with Gasteiger partial charge in [0.25, 0.3) is 0 Å². The molecule has 1 aromatic rings. The average Bonchev–Trinajstić information content (AvgIpc) is 2.35. The number of fused-ring (bicyclic) bond motifs is 1. The fourth-order valence-electron chi connectivity index (χ4n) is 2.17. The summed E-state index contributed by atoms with van der Waals surface area (Å²) in [5.74, 6) is 1.01. The quantitative estimate of drug-likeness (QED) is 0.572. The summed E-state index contributed by atoms with van der Waals surface area (Å²) >= 11 is 0. The zero-order valence-electron chi connectivity index (χ0n) is 10.0. The van der Waals surface area contributed by atoms with Crippen LogP contribution < -0.4 is 5.32 Å². The second kappa shape index (κ2) is 5.01. The molecule has 1 aliphatic heterocycles. The molecule has 0 unspecified atom stereocenters. The zero-order chi connectivity index (χ0) is 11.4. The summed E-state index contributed by atoms with van der Waals surface area (Å²) in [6.07, 6.45) is 1.11. The molecular weight excluding hydrogens is 198 g/mol. The number of hydrogen-bond acceptors (Lipinski definition) is 1. The molecule has 1 aromatic carbocycles. The summed E-state index contributed by atoms with van der Waals surface area (Å²) in [4.78, 5) is 6.62. The van der Waals surface area contributed by atoms with E-state index >= 15 is 0 Å². The van der Waals surface area contributed by atoms with Gasteiger partial charge in [0.15, 0.2) is 5.96 Å². The van der Waals surface area contributed by atoms with Crippen molar-refractivity contribution in [2.24, 2.45) is 4.99 Å². The lowest BCUT2D eigenvalue weighted by molar-refractivity contribution is 0.380. The summed E-state index contributed by atoms with van der Waals surface area (Å²) in [6.45, 7) is 5.04. The first kappa shape index (κ1) is 11.0. The number of hydrogen-bond donors (Lipinski definition) is 1. The van der Waals surface area contributed by atoms with E-state index in [1.54, 1.807) is 0 Å². The molecule has 86 valence electrons. The minimum absolute atomic E-state index is 0.921. The van der Waals surface area contributed by atoms with Crippen LogP contribution in [0.15, 0.2) is 29.3 Å². The molecule has 0 saturated heterocycles. The Bertz CT molecular complexity index is 385. The van der Waals surface area contributed by atoms with E-state index in [9.17, 15) is 0 Å². The summed E-state index contributed by atoms with van der Waals surface area (Å²) in [5, 5.41) is 3.31. The molecule has 1 N–H and O–H groups in total. The van der Waals surface area contributed by atoms with Crippen LogP contribution in [-0.2, 0) is 13.0 Å². The van der Waals surface area contributed by atoms with Crippen LogP contribution in [0.5, 0.6) is 0 Å². The highest BCUT2D eigenvalue weighted by molar-refractivity contribution is 5.80. The van der Waals surface area contributed by atoms with Gasteiger partial charge in [0.1, 0.15) is 0 Å². The molecule has 16 heavy (non-hydrogen) atoms. The monoisotopic (exact) mass is 217 g/mol. The van der Waals surface area contributed by atoms with Gasteiger partial charge in [-0.1, -0.05) is 24.3 Å². The van der Waals surface area contributed by atoms with Crippen LogP contribution >= 0.6 is 0 Å². The van der Waals surface area contributed by atoms with Gasteiger partial charge < -0.3 is 10.2 Å². The van der Waals surface area contributed by atoms with Crippen LogP contribution in [-0.4, -0.2) is 31.0 Å². The standard InChI is InChI=1S/C13H19N3/c1-3-15-13(14-2)16-9-8-11-6-4-5-7-12(11)10-16/h4-7H,3,8-10H2,1-2H3,(H,14,15). The smallest absolute Gasteiger partial charge is 0.193 e. The molecule has 1 aliphatic rings. The predicted molar refractivity (Wildman–Crippen MR) is 67.6 cm³/mol. The summed E-state index contributed by atoms with van der Waals surface area (Å²) in [5.41, 5.74) is 2.90. The number of rotatable bonds is 1. The molecule has 3 nitrogen and oxygen atoms in total. The normalized spacial score (nSPS) is 15.9. The van der Waals surface area contributed by atoms with Crippen LogP contribution in [0, 0.1) is 0 Å². The molecule has 2 rings (SSSR count). The summed E-state index contributed by atoms with van der Waals surface area (Å²) < 4.78 is 0. The van der Waals surface area contributed by atoms with Crippen LogP contribution in [0.4, 0.5) is 0 Å². The lowest BCUT2D eigenvalue weighted by Gasteiger charge is -2.31. The summed E-state index contributed by atoms with van der Waals surface area (Å²) in [6, 6.07) is 8.66. The van der Waals surface area contributed by atoms with E-state index in [0.717, 1.165) is 32.0 Å². The minimum Gasteiger partial charge on any atom is -0.357 e. The Hall–Kier alpha value is -1.51. The molecule has 0 fully saturated rings. The van der Waals surface area contributed by atoms with Crippen LogP contribution in [0.1, 0.15) is 18.1 Å². The number of benzene rings is 1. The third kappa shape index (κ3) is 2.18. The second-order valence-electron chi connectivity index (χ2n) is 4.02. The van der Waals surface area contributed by atoms with Crippen LogP contribution in [0.2, 0.25) is 0 Å². The molecule has 0 amide bonds. The Morgan fingerprint density at radius 2 is 2.12 bits per heavy atom. The molecule has 0 radical (unpaired) electrons. The molecule has 1 heterocycles. The first-order valence-corrected chi connectivity index (χ1v) is 5.87. The van der Waals surface area contributed by atoms with Gasteiger partial charge in [0, 0.05) is 26.7 Å². The van der Waals surface area contributed by atoms with Crippen molar-refractivity contribution in [3.8, 4) is 0 Å². The van der Waals surface area contributed by atoms with Crippen molar-refractivity contribution >= 4 is 5.96 Å². The molecule has 0 bridgehead atoms. The van der Waals surface area contributed by atoms with Crippen molar-refractivity contribution in [1.82, 2.24) is 10.2 Å². The van der Waals surface area contributed by atoms with E-state index in [2.05, 4.69) is 46.4 Å². The first-order valence-electron chi connectivity index (χ1n) is 5.87. The van der Waals surface area contributed by atoms with E-state index in [-0.39, 0.29) is 0 Å². The maximum Gasteiger partial charge on any atom is 0.193 e. The Labute approximate surface area is 97.2 Å². The molecule has 0 aliphatic carbocycles. The van der Waals surface area contributed by atoms with Crippen LogP contribution in [0.3, 0.4) is 0 Å². The van der Waals surface area contributed by atoms with Gasteiger partial charge in [-0.25, -0.2) is 0 Å². The zero-order valence-corrected chi connectivity index (χ0v) is 10.0. The Balaban J connectivity index is 2.13. The third-order valence-electron chi connectivity index (χ3n) is 2.98. The van der Waals surface area contributed by atoms with Crippen LogP contribution in [0.25, 0.3) is 0 Å². The average molecular weight is 217 g/mol. The van der Waals surface area contributed by atoms with Gasteiger partial charge in [-0.3, -0.25) is 4.99 Å². The van der Waals surface area contributed by atoms with E-state index < -0.39 is 0 Å². The van der Waals surface area contributed by atoms with E-state index in [1.807, 2.05) is 7.05 Å². The highest BCUT2D eigenvalue weighted by Gasteiger charge is 2.17. The molecule has 0 spiro atoms. The Morgan fingerprint density at radius 3 is 2.81 bits per heavy atom. The fourth-order valence-corrected chi connectivity index (χ4v) is 2.17. The summed E-state index contributed by atoms with van der Waals surface area (Å²) in [7, 11) is 1.85. The number of aliphatic imine (C=N–C) groups is 1. The van der Waals surface area contributed by atoms with Gasteiger partial charge >= 0.3 is 0 Å². The highest BCUT2D eigenvalue weighted by atomic mass is 15.3. The fraction of sp³-hybridized carbons (Fsp3) is 0.462. The topological polar surface area (TPSA) is 27.6 Å². The van der Waals surface area contributed by atoms with Crippen molar-refractivity contribution in [2.45, 2.75) is 19.9 Å². The van der Waals surface area contributed by atoms with Gasteiger partial charge in [0.05, 0.1) is 0 Å². The van der Waals surface area contributed by atoms with E-state index in [1.165, 1.54) is 11.1 Å². The van der Waals surface area contributed by atoms with Gasteiger partial charge in [-0.15, -0.1) is 0 Å². The minimum atomic E-state index is 0.921. The first-order chi connectivity index (χ1) is 7.85. The predicted octanol–water partition coefficient (Wildman–Crippen LogP) is 1.64. The molecular formula is C13H19N3. The second-order valence-corrected chi connectivity index (χ2v) is 4.02. The largest absolute Gasteiger partial charge is 0.357 e. The Kier molecular flexibility index (Phi) is 3.44. The Morgan fingerprint density at radius 1 is 1.38 bits per heavy atom. The van der Waals surface area contributed by atoms with Gasteiger partial charge in [-0.2, -0.15) is 0 Å². The highest BCUT2D eigenvalue weighted by Crippen LogP contribution is 2.18. The van der Waals surface area contributed by atoms with Crippen molar-refractivity contribution in [3.05, 3.63) is 35.4 Å². The maximum atomic E-state index is 4.31. The molecule has 0 aromatic heterocycles. The number of nitrogens with one attached hydrogen (secondary N) is 1. The SMILES string of the molecule is CCNC(=NC)N1CCc2ccccc2C1. The molecule has 0 atom stereocenters. The van der Waals surface area contributed by atoms with E-state index in [0.29, 0.717) is 0 Å². The van der Waals surface area contributed by atoms with Crippen molar-refractivity contribution in [3.63, 3.8) is 0 Å². The number of guanidine groups is 1. The third-order valence-corrected chi connectivity index (χ3v) is 2.98. The molecule has 3 heteroatoms. The van der Waals surface area contributed by atoms with Crippen molar-refractivity contribution < 1.29 is 0 Å². The van der Waals surface area contributed by atoms with Crippen molar-refractivity contribution in [2.75, 3.05) is 20.1 Å². The lowest BCUT2D eigenvalue weighted by atomic mass is 10.0. The van der Waals surface area contributed by atoms with Gasteiger partial charge in [-0.05, 0) is 24.5 Å².